The molecule has 0 fully saturated rings. The van der Waals surface area contributed by atoms with Gasteiger partial charge in [-0.3, -0.25) is 0 Å². The number of nitrogens with one attached hydrogen (secondary N) is 1. The van der Waals surface area contributed by atoms with Crippen molar-refractivity contribution < 1.29 is 4.40 Å². The predicted molar refractivity (Wildman–Crippen MR) is 70.0 cm³/mol. The first kappa shape index (κ1) is 9.35. The maximum absolute atomic E-state index is 3.39. The number of rotatable bonds is 1. The number of H-pyrrole nitrogens is 1. The van der Waals surface area contributed by atoms with E-state index in [4.69, 9.17) is 0 Å². The van der Waals surface area contributed by atoms with Gasteiger partial charge in [-0.15, -0.1) is 0 Å². The molecule has 2 heterocycles. The Bertz CT molecular complexity index is 566. The van der Waals surface area contributed by atoms with Crippen molar-refractivity contribution >= 4 is 38.9 Å². The summed E-state index contributed by atoms with van der Waals surface area (Å²) in [5, 5.41) is 2.07. The lowest BCUT2D eigenvalue weighted by atomic mass is 10.2. The molecule has 0 aliphatic rings. The van der Waals surface area contributed by atoms with E-state index in [0.29, 0.717) is 0 Å². The molecule has 4 heteroatoms. The summed E-state index contributed by atoms with van der Waals surface area (Å²) < 4.78 is 3.37. The third kappa shape index (κ3) is 1.68. The zero-order chi connectivity index (χ0) is 10.3. The Labute approximate surface area is 105 Å². The number of benzene rings is 1. The minimum atomic E-state index is 1.17. The van der Waals surface area contributed by atoms with E-state index in [0.717, 1.165) is 0 Å². The minimum absolute atomic E-state index is 1.17. The molecule has 0 aliphatic carbocycles. The van der Waals surface area contributed by atoms with Gasteiger partial charge in [0.2, 0.25) is 0 Å². The van der Waals surface area contributed by atoms with E-state index >= 15 is 0 Å². The van der Waals surface area contributed by atoms with Gasteiger partial charge in [-0.25, -0.2) is 4.98 Å². The molecule has 2 aromatic heterocycles. The maximum Gasteiger partial charge on any atom is 0.343 e. The van der Waals surface area contributed by atoms with Crippen LogP contribution < -0.4 is 4.40 Å². The first-order chi connectivity index (χ1) is 7.33. The fraction of sp³-hybridized carbons (Fsp3) is 0. The highest BCUT2D eigenvalue weighted by Gasteiger charge is 2.10. The summed E-state index contributed by atoms with van der Waals surface area (Å²) in [4.78, 5) is 4.56. The molecule has 0 amide bonds. The molecule has 74 valence electrons. The molecule has 0 unspecified atom stereocenters. The summed E-state index contributed by atoms with van der Waals surface area (Å²) in [5.74, 6) is 0. The van der Waals surface area contributed by atoms with Gasteiger partial charge in [-0.05, 0) is 46.9 Å². The van der Waals surface area contributed by atoms with Gasteiger partial charge in [0.15, 0.2) is 5.69 Å². The summed E-state index contributed by atoms with van der Waals surface area (Å²) in [7, 11) is 0. The monoisotopic (exact) mass is 327 g/mol. The lowest BCUT2D eigenvalue weighted by molar-refractivity contribution is -0.505. The van der Waals surface area contributed by atoms with Gasteiger partial charge in [0.05, 0.1) is 0 Å². The molecule has 0 bridgehead atoms. The Hall–Kier alpha value is -0.880. The number of aromatic nitrogens is 2. The fourth-order valence-electron chi connectivity index (χ4n) is 1.55. The van der Waals surface area contributed by atoms with Crippen LogP contribution in [0.4, 0.5) is 0 Å². The molecular weight excluding hydrogens is 319 g/mol. The highest BCUT2D eigenvalue weighted by Crippen LogP contribution is 2.19. The normalized spacial score (nSPS) is 11.0. The average molecular weight is 327 g/mol. The van der Waals surface area contributed by atoms with Crippen molar-refractivity contribution in [1.82, 2.24) is 4.98 Å². The molecule has 0 radical (unpaired) electrons. The number of fused-ring (bicyclic) bond motifs is 1. The third-order valence-corrected chi connectivity index (χ3v) is 3.81. The molecule has 0 aliphatic heterocycles. The van der Waals surface area contributed by atoms with Crippen molar-refractivity contribution in [2.24, 2.45) is 0 Å². The second-order valence-corrected chi connectivity index (χ2v) is 5.43. The Kier molecular flexibility index (Phi) is 2.25. The second kappa shape index (κ2) is 3.61. The van der Waals surface area contributed by atoms with Crippen LogP contribution in [0.5, 0.6) is 0 Å². The number of hydrogen-bond acceptors (Lipinski definition) is 1. The number of hydrogen-bond donors (Lipinski definition) is 1. The Morgan fingerprint density at radius 1 is 1.20 bits per heavy atom. The quantitative estimate of drug-likeness (QED) is 0.524. The van der Waals surface area contributed by atoms with Crippen molar-refractivity contribution in [3.63, 3.8) is 0 Å². The second-order valence-electron chi connectivity index (χ2n) is 3.29. The molecule has 2 nitrogen and oxygen atoms in total. The van der Waals surface area contributed by atoms with Crippen molar-refractivity contribution in [1.29, 1.82) is 0 Å². The van der Waals surface area contributed by atoms with Crippen molar-refractivity contribution in [2.75, 3.05) is 0 Å². The molecular formula is C11H8IN2S+. The topological polar surface area (TPSA) is 19.9 Å². The molecule has 1 aromatic carbocycles. The van der Waals surface area contributed by atoms with Gasteiger partial charge in [-0.1, -0.05) is 11.3 Å². The van der Waals surface area contributed by atoms with E-state index in [1.54, 1.807) is 11.3 Å². The molecule has 15 heavy (non-hydrogen) atoms. The largest absolute Gasteiger partial charge is 0.343 e. The van der Waals surface area contributed by atoms with E-state index < -0.39 is 0 Å². The van der Waals surface area contributed by atoms with Crippen LogP contribution in [0, 0.1) is 3.57 Å². The first-order valence-electron chi connectivity index (χ1n) is 4.56. The fourth-order valence-corrected chi connectivity index (χ4v) is 2.63. The van der Waals surface area contributed by atoms with Crippen LogP contribution in [0.1, 0.15) is 0 Å². The van der Waals surface area contributed by atoms with E-state index in [-0.39, 0.29) is 0 Å². The van der Waals surface area contributed by atoms with E-state index in [1.165, 1.54) is 19.8 Å². The Morgan fingerprint density at radius 3 is 2.73 bits per heavy atom. The third-order valence-electron chi connectivity index (χ3n) is 2.30. The van der Waals surface area contributed by atoms with Crippen LogP contribution in [-0.2, 0) is 0 Å². The molecule has 3 rings (SSSR count). The average Bonchev–Trinajstić information content (AvgIpc) is 2.78. The standard InChI is InChI=1S/C11H7IN2S/c12-9-3-1-8(2-4-9)10-7-14-5-6-15-11(14)13-10/h1-7H/p+1. The highest BCUT2D eigenvalue weighted by molar-refractivity contribution is 14.1. The number of halogens is 1. The molecule has 0 saturated carbocycles. The molecule has 0 atom stereocenters. The van der Waals surface area contributed by atoms with Gasteiger partial charge in [0, 0.05) is 14.5 Å². The van der Waals surface area contributed by atoms with E-state index in [9.17, 15) is 0 Å². The van der Waals surface area contributed by atoms with Crippen LogP contribution in [0.3, 0.4) is 0 Å². The minimum Gasteiger partial charge on any atom is -0.227 e. The summed E-state index contributed by atoms with van der Waals surface area (Å²) in [6, 6.07) is 8.51. The van der Waals surface area contributed by atoms with Crippen LogP contribution in [0.25, 0.3) is 16.2 Å². The Morgan fingerprint density at radius 2 is 2.00 bits per heavy atom. The summed E-state index contributed by atoms with van der Waals surface area (Å²) in [6.07, 6.45) is 4.18. The highest BCUT2D eigenvalue weighted by atomic mass is 127. The molecule has 3 aromatic rings. The number of nitrogens with zero attached hydrogens (tertiary/aromatic N) is 1. The summed E-state index contributed by atoms with van der Waals surface area (Å²) in [5.41, 5.74) is 2.39. The molecule has 0 spiro atoms. The summed E-state index contributed by atoms with van der Waals surface area (Å²) >= 11 is 4.03. The van der Waals surface area contributed by atoms with E-state index in [2.05, 4.69) is 74.0 Å². The van der Waals surface area contributed by atoms with E-state index in [1.807, 2.05) is 0 Å². The van der Waals surface area contributed by atoms with Crippen LogP contribution in [-0.4, -0.2) is 4.98 Å². The molecule has 1 N–H and O–H groups in total. The first-order valence-corrected chi connectivity index (χ1v) is 6.52. The van der Waals surface area contributed by atoms with Crippen LogP contribution >= 0.6 is 33.9 Å². The number of imidazole rings is 1. The van der Waals surface area contributed by atoms with Gasteiger partial charge >= 0.3 is 4.96 Å². The smallest absolute Gasteiger partial charge is 0.227 e. The zero-order valence-corrected chi connectivity index (χ0v) is 10.7. The predicted octanol–water partition coefficient (Wildman–Crippen LogP) is 3.09. The maximum atomic E-state index is 3.39. The van der Waals surface area contributed by atoms with Gasteiger partial charge in [0.1, 0.15) is 12.4 Å². The van der Waals surface area contributed by atoms with Gasteiger partial charge in [0.25, 0.3) is 0 Å². The lowest BCUT2D eigenvalue weighted by Gasteiger charge is -1.92. The van der Waals surface area contributed by atoms with Crippen molar-refractivity contribution in [3.05, 3.63) is 45.6 Å². The number of thiazole rings is 1. The van der Waals surface area contributed by atoms with Crippen LogP contribution in [0.15, 0.2) is 42.0 Å². The van der Waals surface area contributed by atoms with Gasteiger partial charge in [-0.2, -0.15) is 4.40 Å². The lowest BCUT2D eigenvalue weighted by Crippen LogP contribution is -2.11. The SMILES string of the molecule is Ic1ccc(-c2c[n+]3ccsc3[nH]2)cc1. The van der Waals surface area contributed by atoms with Gasteiger partial charge < -0.3 is 0 Å². The van der Waals surface area contributed by atoms with Crippen molar-refractivity contribution in [2.45, 2.75) is 0 Å². The number of aromatic amines is 1. The van der Waals surface area contributed by atoms with Crippen LogP contribution in [0.2, 0.25) is 0 Å². The Balaban J connectivity index is 2.13. The zero-order valence-electron chi connectivity index (χ0n) is 7.77. The van der Waals surface area contributed by atoms with Crippen molar-refractivity contribution in [3.8, 4) is 11.3 Å². The summed E-state index contributed by atoms with van der Waals surface area (Å²) in [6.45, 7) is 0. The molecule has 0 saturated heterocycles.